The topological polar surface area (TPSA) is 60.4 Å². The van der Waals surface area contributed by atoms with Crippen LogP contribution >= 0.6 is 11.3 Å². The van der Waals surface area contributed by atoms with Gasteiger partial charge in [0.15, 0.2) is 0 Å². The van der Waals surface area contributed by atoms with E-state index in [2.05, 4.69) is 25.2 Å². The summed E-state index contributed by atoms with van der Waals surface area (Å²) in [6.07, 6.45) is 4.61. The van der Waals surface area contributed by atoms with Gasteiger partial charge < -0.3 is 14.4 Å². The molecule has 2 aliphatic rings. The molecule has 0 radical (unpaired) electrons. The predicted molar refractivity (Wildman–Crippen MR) is 87.5 cm³/mol. The summed E-state index contributed by atoms with van der Waals surface area (Å²) in [6, 6.07) is 1.84. The van der Waals surface area contributed by atoms with Crippen LogP contribution in [0.5, 0.6) is 0 Å². The van der Waals surface area contributed by atoms with Crippen molar-refractivity contribution in [3.8, 4) is 0 Å². The van der Waals surface area contributed by atoms with E-state index in [1.165, 1.54) is 0 Å². The molecule has 0 N–H and O–H groups in total. The molecule has 2 aromatic heterocycles. The van der Waals surface area contributed by atoms with E-state index in [0.717, 1.165) is 49.4 Å². The van der Waals surface area contributed by atoms with Crippen molar-refractivity contribution in [2.45, 2.75) is 25.6 Å². The monoisotopic (exact) mass is 332 g/mol. The molecular formula is C16H20N4O2S. The summed E-state index contributed by atoms with van der Waals surface area (Å²) in [5.74, 6) is 1.22. The molecule has 7 heteroatoms. The Morgan fingerprint density at radius 1 is 1.39 bits per heavy atom. The fourth-order valence-corrected chi connectivity index (χ4v) is 3.94. The van der Waals surface area contributed by atoms with Crippen LogP contribution in [0.25, 0.3) is 0 Å². The van der Waals surface area contributed by atoms with Crippen LogP contribution in [-0.2, 0) is 16.1 Å². The van der Waals surface area contributed by atoms with E-state index >= 15 is 0 Å². The van der Waals surface area contributed by atoms with E-state index in [4.69, 9.17) is 9.47 Å². The molecule has 0 aliphatic carbocycles. The minimum Gasteiger partial charge on any atom is -0.375 e. The van der Waals surface area contributed by atoms with E-state index in [0.29, 0.717) is 12.5 Å². The summed E-state index contributed by atoms with van der Waals surface area (Å²) in [6.45, 7) is 5.83. The van der Waals surface area contributed by atoms with E-state index in [1.807, 2.05) is 13.0 Å². The first kappa shape index (κ1) is 15.0. The molecule has 0 aromatic carbocycles. The Kier molecular flexibility index (Phi) is 4.00. The second-order valence-electron chi connectivity index (χ2n) is 6.18. The Morgan fingerprint density at radius 3 is 2.96 bits per heavy atom. The number of aryl methyl sites for hydroxylation is 1. The lowest BCUT2D eigenvalue weighted by molar-refractivity contribution is -0.0659. The first-order chi connectivity index (χ1) is 11.3. The van der Waals surface area contributed by atoms with Crippen LogP contribution in [0, 0.1) is 12.8 Å². The first-order valence-corrected chi connectivity index (χ1v) is 8.78. The van der Waals surface area contributed by atoms with Crippen LogP contribution < -0.4 is 4.90 Å². The van der Waals surface area contributed by atoms with Gasteiger partial charge in [0.2, 0.25) is 5.95 Å². The third-order valence-corrected chi connectivity index (χ3v) is 5.41. The molecule has 0 amide bonds. The number of ether oxygens (including phenoxy) is 2. The van der Waals surface area contributed by atoms with Crippen LogP contribution in [0.2, 0.25) is 0 Å². The number of rotatable bonds is 5. The molecule has 0 saturated carbocycles. The molecule has 0 bridgehead atoms. The van der Waals surface area contributed by atoms with Crippen molar-refractivity contribution in [3.63, 3.8) is 0 Å². The SMILES string of the molecule is Cc1nc(COCC2CCOC23CN(c2ncccn2)C3)cs1. The van der Waals surface area contributed by atoms with Gasteiger partial charge in [0.1, 0.15) is 5.60 Å². The molecule has 4 rings (SSSR count). The van der Waals surface area contributed by atoms with Crippen LogP contribution in [0.1, 0.15) is 17.1 Å². The molecule has 122 valence electrons. The highest BCUT2D eigenvalue weighted by molar-refractivity contribution is 7.09. The molecule has 1 atom stereocenters. The lowest BCUT2D eigenvalue weighted by Crippen LogP contribution is -2.66. The molecule has 1 spiro atoms. The normalized spacial score (nSPS) is 22.5. The molecular weight excluding hydrogens is 312 g/mol. The number of nitrogens with zero attached hydrogens (tertiary/aromatic N) is 4. The highest BCUT2D eigenvalue weighted by Crippen LogP contribution is 2.41. The average Bonchev–Trinajstić information content (AvgIpc) is 3.13. The fraction of sp³-hybridized carbons (Fsp3) is 0.562. The van der Waals surface area contributed by atoms with Crippen LogP contribution in [-0.4, -0.2) is 46.9 Å². The third-order valence-electron chi connectivity index (χ3n) is 4.59. The number of aromatic nitrogens is 3. The molecule has 4 heterocycles. The zero-order valence-electron chi connectivity index (χ0n) is 13.1. The van der Waals surface area contributed by atoms with Gasteiger partial charge in [-0.2, -0.15) is 0 Å². The van der Waals surface area contributed by atoms with Gasteiger partial charge in [0.05, 0.1) is 37.0 Å². The lowest BCUT2D eigenvalue weighted by Gasteiger charge is -2.50. The van der Waals surface area contributed by atoms with Gasteiger partial charge in [-0.3, -0.25) is 0 Å². The minimum atomic E-state index is -0.0861. The molecule has 2 aromatic rings. The van der Waals surface area contributed by atoms with Crippen LogP contribution in [0.4, 0.5) is 5.95 Å². The summed E-state index contributed by atoms with van der Waals surface area (Å²) in [4.78, 5) is 15.2. The maximum atomic E-state index is 6.06. The van der Waals surface area contributed by atoms with E-state index in [-0.39, 0.29) is 5.60 Å². The van der Waals surface area contributed by atoms with Crippen molar-refractivity contribution in [2.75, 3.05) is 31.2 Å². The van der Waals surface area contributed by atoms with Gasteiger partial charge in [-0.1, -0.05) is 0 Å². The van der Waals surface area contributed by atoms with Crippen LogP contribution in [0.15, 0.2) is 23.8 Å². The smallest absolute Gasteiger partial charge is 0.225 e. The summed E-state index contributed by atoms with van der Waals surface area (Å²) < 4.78 is 12.0. The Morgan fingerprint density at radius 2 is 2.22 bits per heavy atom. The Labute approximate surface area is 139 Å². The minimum absolute atomic E-state index is 0.0861. The van der Waals surface area contributed by atoms with Crippen molar-refractivity contribution in [1.82, 2.24) is 15.0 Å². The largest absolute Gasteiger partial charge is 0.375 e. The van der Waals surface area contributed by atoms with Crippen molar-refractivity contribution in [3.05, 3.63) is 34.5 Å². The maximum Gasteiger partial charge on any atom is 0.225 e. The highest BCUT2D eigenvalue weighted by Gasteiger charge is 2.53. The summed E-state index contributed by atoms with van der Waals surface area (Å²) in [5, 5.41) is 3.15. The maximum absolute atomic E-state index is 6.06. The second kappa shape index (κ2) is 6.14. The quantitative estimate of drug-likeness (QED) is 0.835. The molecule has 6 nitrogen and oxygen atoms in total. The zero-order chi connectivity index (χ0) is 15.7. The Bertz CT molecular complexity index is 657. The highest BCUT2D eigenvalue weighted by atomic mass is 32.1. The number of anilines is 1. The fourth-order valence-electron chi connectivity index (χ4n) is 3.35. The second-order valence-corrected chi connectivity index (χ2v) is 7.24. The molecule has 2 saturated heterocycles. The molecule has 1 unspecified atom stereocenters. The van der Waals surface area contributed by atoms with Crippen LogP contribution in [0.3, 0.4) is 0 Å². The van der Waals surface area contributed by atoms with Crippen molar-refractivity contribution >= 4 is 17.3 Å². The van der Waals surface area contributed by atoms with Gasteiger partial charge in [-0.15, -0.1) is 11.3 Å². The third kappa shape index (κ3) is 2.96. The van der Waals surface area contributed by atoms with Crippen molar-refractivity contribution < 1.29 is 9.47 Å². The van der Waals surface area contributed by atoms with Gasteiger partial charge >= 0.3 is 0 Å². The number of hydrogen-bond donors (Lipinski definition) is 0. The zero-order valence-corrected chi connectivity index (χ0v) is 14.0. The van der Waals surface area contributed by atoms with Gasteiger partial charge in [-0.05, 0) is 19.4 Å². The first-order valence-electron chi connectivity index (χ1n) is 7.90. The summed E-state index contributed by atoms with van der Waals surface area (Å²) in [7, 11) is 0. The standard InChI is InChI=1S/C16H20N4O2S/c1-12-19-14(9-23-12)8-21-7-13-3-6-22-16(13)10-20(11-16)15-17-4-2-5-18-15/h2,4-5,9,13H,3,6-8,10-11H2,1H3. The van der Waals surface area contributed by atoms with Crippen molar-refractivity contribution in [2.24, 2.45) is 5.92 Å². The van der Waals surface area contributed by atoms with E-state index < -0.39 is 0 Å². The van der Waals surface area contributed by atoms with Gasteiger partial charge in [-0.25, -0.2) is 15.0 Å². The van der Waals surface area contributed by atoms with Crippen molar-refractivity contribution in [1.29, 1.82) is 0 Å². The Balaban J connectivity index is 1.31. The Hall–Kier alpha value is -1.57. The molecule has 2 fully saturated rings. The number of hydrogen-bond acceptors (Lipinski definition) is 7. The van der Waals surface area contributed by atoms with E-state index in [9.17, 15) is 0 Å². The average molecular weight is 332 g/mol. The molecule has 2 aliphatic heterocycles. The molecule has 23 heavy (non-hydrogen) atoms. The summed E-state index contributed by atoms with van der Waals surface area (Å²) >= 11 is 1.66. The lowest BCUT2D eigenvalue weighted by atomic mass is 9.81. The van der Waals surface area contributed by atoms with Gasteiger partial charge in [0, 0.05) is 30.3 Å². The van der Waals surface area contributed by atoms with Gasteiger partial charge in [0.25, 0.3) is 0 Å². The summed E-state index contributed by atoms with van der Waals surface area (Å²) in [5.41, 5.74) is 0.936. The predicted octanol–water partition coefficient (Wildman–Crippen LogP) is 2.05. The number of thiazole rings is 1. The van der Waals surface area contributed by atoms with E-state index in [1.54, 1.807) is 23.7 Å².